The predicted molar refractivity (Wildman–Crippen MR) is 68.9 cm³/mol. The van der Waals surface area contributed by atoms with E-state index in [-0.39, 0.29) is 11.9 Å². The van der Waals surface area contributed by atoms with Crippen LogP contribution in [0.25, 0.3) is 0 Å². The molecular formula is C14H27NO2. The van der Waals surface area contributed by atoms with Gasteiger partial charge in [0.15, 0.2) is 5.79 Å². The second-order valence-corrected chi connectivity index (χ2v) is 6.66. The molecule has 3 heteroatoms. The van der Waals surface area contributed by atoms with Crippen LogP contribution in [0.1, 0.15) is 46.5 Å². The Labute approximate surface area is 105 Å². The molecule has 1 saturated heterocycles. The number of rotatable bonds is 2. The Bertz CT molecular complexity index is 251. The van der Waals surface area contributed by atoms with Gasteiger partial charge in [0, 0.05) is 19.4 Å². The van der Waals surface area contributed by atoms with Gasteiger partial charge in [0.2, 0.25) is 0 Å². The molecule has 1 saturated carbocycles. The minimum Gasteiger partial charge on any atom is -0.347 e. The van der Waals surface area contributed by atoms with Crippen molar-refractivity contribution in [2.75, 3.05) is 20.2 Å². The van der Waals surface area contributed by atoms with E-state index in [1.807, 2.05) is 7.05 Å². The maximum atomic E-state index is 6.11. The van der Waals surface area contributed by atoms with Crippen molar-refractivity contribution in [2.24, 2.45) is 11.3 Å². The van der Waals surface area contributed by atoms with Crippen molar-refractivity contribution in [1.29, 1.82) is 0 Å². The fourth-order valence-electron chi connectivity index (χ4n) is 3.13. The van der Waals surface area contributed by atoms with E-state index < -0.39 is 0 Å². The molecule has 1 spiro atoms. The van der Waals surface area contributed by atoms with E-state index >= 15 is 0 Å². The summed E-state index contributed by atoms with van der Waals surface area (Å²) in [6, 6.07) is 0. The lowest BCUT2D eigenvalue weighted by Crippen LogP contribution is -2.39. The molecular weight excluding hydrogens is 214 g/mol. The van der Waals surface area contributed by atoms with Crippen molar-refractivity contribution in [3.63, 3.8) is 0 Å². The number of likely N-dealkylation sites (N-methyl/N-ethyl adjacent to an activating group) is 1. The van der Waals surface area contributed by atoms with E-state index in [1.165, 1.54) is 12.8 Å². The lowest BCUT2D eigenvalue weighted by atomic mass is 9.71. The van der Waals surface area contributed by atoms with Gasteiger partial charge in [-0.1, -0.05) is 20.8 Å². The lowest BCUT2D eigenvalue weighted by Gasteiger charge is -2.41. The second kappa shape index (κ2) is 4.87. The molecule has 0 radical (unpaired) electrons. The number of hydrogen-bond donors (Lipinski definition) is 1. The lowest BCUT2D eigenvalue weighted by molar-refractivity contribution is -0.196. The molecule has 0 amide bonds. The van der Waals surface area contributed by atoms with Crippen LogP contribution in [0.4, 0.5) is 0 Å². The average molecular weight is 241 g/mol. The molecule has 3 nitrogen and oxygen atoms in total. The van der Waals surface area contributed by atoms with E-state index in [4.69, 9.17) is 9.47 Å². The normalized spacial score (nSPS) is 38.8. The molecule has 100 valence electrons. The second-order valence-electron chi connectivity index (χ2n) is 6.66. The molecule has 1 N–H and O–H groups in total. The maximum Gasteiger partial charge on any atom is 0.168 e. The molecule has 1 unspecified atom stereocenters. The summed E-state index contributed by atoms with van der Waals surface area (Å²) in [7, 11) is 1.96. The Morgan fingerprint density at radius 1 is 1.24 bits per heavy atom. The van der Waals surface area contributed by atoms with Crippen LogP contribution < -0.4 is 5.32 Å². The van der Waals surface area contributed by atoms with Crippen molar-refractivity contribution in [3.05, 3.63) is 0 Å². The summed E-state index contributed by atoms with van der Waals surface area (Å²) < 4.78 is 12.1. The van der Waals surface area contributed by atoms with Crippen LogP contribution in [0.5, 0.6) is 0 Å². The Balaban J connectivity index is 1.87. The highest BCUT2D eigenvalue weighted by Gasteiger charge is 2.45. The van der Waals surface area contributed by atoms with Crippen LogP contribution in [0.2, 0.25) is 0 Å². The van der Waals surface area contributed by atoms with E-state index in [9.17, 15) is 0 Å². The molecule has 1 aliphatic heterocycles. The van der Waals surface area contributed by atoms with Gasteiger partial charge in [-0.3, -0.25) is 0 Å². The van der Waals surface area contributed by atoms with Gasteiger partial charge < -0.3 is 14.8 Å². The van der Waals surface area contributed by atoms with Gasteiger partial charge in [-0.25, -0.2) is 0 Å². The van der Waals surface area contributed by atoms with Crippen LogP contribution in [0.3, 0.4) is 0 Å². The Morgan fingerprint density at radius 3 is 2.41 bits per heavy atom. The van der Waals surface area contributed by atoms with E-state index in [0.29, 0.717) is 5.41 Å². The third-order valence-electron chi connectivity index (χ3n) is 4.32. The minimum absolute atomic E-state index is 0.242. The SMILES string of the molecule is CNCC1COC2(CCC(C(C)(C)C)CC2)O1. The van der Waals surface area contributed by atoms with Gasteiger partial charge in [0.25, 0.3) is 0 Å². The molecule has 2 rings (SSSR count). The monoisotopic (exact) mass is 241 g/mol. The fourth-order valence-corrected chi connectivity index (χ4v) is 3.13. The standard InChI is InChI=1S/C14H27NO2/c1-13(2,3)11-5-7-14(8-6-11)16-10-12(17-14)9-15-4/h11-12,15H,5-10H2,1-4H3. The van der Waals surface area contributed by atoms with Crippen LogP contribution in [0, 0.1) is 11.3 Å². The highest BCUT2D eigenvalue weighted by Crippen LogP contribution is 2.45. The summed E-state index contributed by atoms with van der Waals surface area (Å²) in [5, 5.41) is 3.16. The van der Waals surface area contributed by atoms with Gasteiger partial charge in [-0.2, -0.15) is 0 Å². The molecule has 0 aromatic rings. The minimum atomic E-state index is -0.247. The Kier molecular flexibility index (Phi) is 3.81. The van der Waals surface area contributed by atoms with Gasteiger partial charge in [-0.15, -0.1) is 0 Å². The average Bonchev–Trinajstić information content (AvgIpc) is 2.61. The zero-order chi connectivity index (χ0) is 12.5. The molecule has 0 bridgehead atoms. The maximum absolute atomic E-state index is 6.11. The zero-order valence-electron chi connectivity index (χ0n) is 11.7. The van der Waals surface area contributed by atoms with E-state index in [2.05, 4.69) is 26.1 Å². The predicted octanol–water partition coefficient (Wildman–Crippen LogP) is 2.55. The third-order valence-corrected chi connectivity index (χ3v) is 4.32. The molecule has 2 fully saturated rings. The topological polar surface area (TPSA) is 30.5 Å². The van der Waals surface area contributed by atoms with Crippen LogP contribution in [0.15, 0.2) is 0 Å². The summed E-state index contributed by atoms with van der Waals surface area (Å²) in [5.74, 6) is 0.562. The number of nitrogens with one attached hydrogen (secondary N) is 1. The first-order chi connectivity index (χ1) is 7.95. The number of hydrogen-bond acceptors (Lipinski definition) is 3. The quantitative estimate of drug-likeness (QED) is 0.806. The van der Waals surface area contributed by atoms with Crippen molar-refractivity contribution in [3.8, 4) is 0 Å². The summed E-state index contributed by atoms with van der Waals surface area (Å²) in [4.78, 5) is 0. The summed E-state index contributed by atoms with van der Waals surface area (Å²) in [6.07, 6.45) is 4.83. The molecule has 1 atom stereocenters. The van der Waals surface area contributed by atoms with Crippen molar-refractivity contribution < 1.29 is 9.47 Å². The summed E-state index contributed by atoms with van der Waals surface area (Å²) in [5.41, 5.74) is 0.421. The molecule has 1 heterocycles. The zero-order valence-corrected chi connectivity index (χ0v) is 11.7. The molecule has 2 aliphatic rings. The third kappa shape index (κ3) is 3.01. The van der Waals surface area contributed by atoms with Crippen LogP contribution in [-0.4, -0.2) is 32.1 Å². The first kappa shape index (κ1) is 13.3. The van der Waals surface area contributed by atoms with Gasteiger partial charge in [0.05, 0.1) is 12.7 Å². The molecule has 1 aliphatic carbocycles. The highest BCUT2D eigenvalue weighted by atomic mass is 16.7. The smallest absolute Gasteiger partial charge is 0.168 e. The Hall–Kier alpha value is -0.120. The first-order valence-corrected chi connectivity index (χ1v) is 6.91. The number of ether oxygens (including phenoxy) is 2. The summed E-state index contributed by atoms with van der Waals surface area (Å²) >= 11 is 0. The van der Waals surface area contributed by atoms with E-state index in [0.717, 1.165) is 31.9 Å². The van der Waals surface area contributed by atoms with Gasteiger partial charge >= 0.3 is 0 Å². The van der Waals surface area contributed by atoms with Crippen molar-refractivity contribution >= 4 is 0 Å². The van der Waals surface area contributed by atoms with Crippen molar-refractivity contribution in [2.45, 2.75) is 58.3 Å². The summed E-state index contributed by atoms with van der Waals surface area (Å²) in [6.45, 7) is 8.67. The van der Waals surface area contributed by atoms with E-state index in [1.54, 1.807) is 0 Å². The fraction of sp³-hybridized carbons (Fsp3) is 1.00. The molecule has 0 aromatic heterocycles. The largest absolute Gasteiger partial charge is 0.347 e. The van der Waals surface area contributed by atoms with Crippen LogP contribution in [-0.2, 0) is 9.47 Å². The molecule has 17 heavy (non-hydrogen) atoms. The van der Waals surface area contributed by atoms with Gasteiger partial charge in [-0.05, 0) is 31.2 Å². The molecule has 0 aromatic carbocycles. The van der Waals surface area contributed by atoms with Crippen LogP contribution >= 0.6 is 0 Å². The van der Waals surface area contributed by atoms with Gasteiger partial charge in [0.1, 0.15) is 0 Å². The Morgan fingerprint density at radius 2 is 1.88 bits per heavy atom. The highest BCUT2D eigenvalue weighted by molar-refractivity contribution is 4.88. The van der Waals surface area contributed by atoms with Crippen molar-refractivity contribution in [1.82, 2.24) is 5.32 Å². The first-order valence-electron chi connectivity index (χ1n) is 6.91.